The number of anilines is 1. The molecule has 114 valence electrons. The van der Waals surface area contributed by atoms with Crippen molar-refractivity contribution in [1.82, 2.24) is 5.32 Å². The molecule has 0 radical (unpaired) electrons. The lowest BCUT2D eigenvalue weighted by Crippen LogP contribution is -2.12. The largest absolute Gasteiger partial charge is 0.313 e. The molecule has 2 rings (SSSR count). The third kappa shape index (κ3) is 4.30. The summed E-state index contributed by atoms with van der Waals surface area (Å²) in [6.07, 6.45) is 0.936. The Bertz CT molecular complexity index is 676. The van der Waals surface area contributed by atoms with Crippen molar-refractivity contribution in [3.8, 4) is 0 Å². The second kappa shape index (κ2) is 7.06. The lowest BCUT2D eigenvalue weighted by molar-refractivity contribution is 0.603. The molecule has 0 spiro atoms. The van der Waals surface area contributed by atoms with Crippen molar-refractivity contribution in [3.05, 3.63) is 46.8 Å². The smallest absolute Gasteiger partial charge is 0.271 e. The molecule has 21 heavy (non-hydrogen) atoms. The van der Waals surface area contributed by atoms with Crippen LogP contribution in [0.5, 0.6) is 0 Å². The Morgan fingerprint density at radius 2 is 1.81 bits per heavy atom. The monoisotopic (exact) mass is 324 g/mol. The van der Waals surface area contributed by atoms with E-state index in [0.29, 0.717) is 16.4 Å². The maximum Gasteiger partial charge on any atom is 0.271 e. The first kappa shape index (κ1) is 16.0. The Morgan fingerprint density at radius 1 is 1.10 bits per heavy atom. The molecule has 2 aromatic rings. The summed E-state index contributed by atoms with van der Waals surface area (Å²) in [5.74, 6) is 0. The number of benzene rings is 1. The molecule has 1 aromatic carbocycles. The molecule has 2 N–H and O–H groups in total. The molecule has 4 nitrogen and oxygen atoms in total. The number of rotatable bonds is 7. The molecule has 0 saturated heterocycles. The zero-order valence-electron chi connectivity index (χ0n) is 12.2. The number of hydrogen-bond acceptors (Lipinski definition) is 4. The van der Waals surface area contributed by atoms with Crippen molar-refractivity contribution in [2.45, 2.75) is 31.0 Å². The van der Waals surface area contributed by atoms with Gasteiger partial charge in [-0.05, 0) is 47.7 Å². The van der Waals surface area contributed by atoms with Gasteiger partial charge in [-0.3, -0.25) is 4.72 Å². The van der Waals surface area contributed by atoms with Crippen LogP contribution in [0.4, 0.5) is 5.69 Å². The fourth-order valence-electron chi connectivity index (χ4n) is 1.87. The summed E-state index contributed by atoms with van der Waals surface area (Å²) in [4.78, 5) is 0. The third-order valence-electron chi connectivity index (χ3n) is 3.09. The van der Waals surface area contributed by atoms with E-state index >= 15 is 0 Å². The van der Waals surface area contributed by atoms with Crippen LogP contribution in [0.2, 0.25) is 0 Å². The first-order chi connectivity index (χ1) is 10.0. The summed E-state index contributed by atoms with van der Waals surface area (Å²) >= 11 is 1.24. The molecule has 6 heteroatoms. The molecule has 0 amide bonds. The van der Waals surface area contributed by atoms with Crippen LogP contribution in [0.1, 0.15) is 25.0 Å². The predicted octanol–water partition coefficient (Wildman–Crippen LogP) is 3.22. The van der Waals surface area contributed by atoms with Crippen molar-refractivity contribution in [2.75, 3.05) is 11.3 Å². The Kier molecular flexibility index (Phi) is 5.39. The van der Waals surface area contributed by atoms with Gasteiger partial charge in [-0.2, -0.15) is 0 Å². The second-order valence-corrected chi connectivity index (χ2v) is 7.53. The predicted molar refractivity (Wildman–Crippen MR) is 88.3 cm³/mol. The van der Waals surface area contributed by atoms with Gasteiger partial charge in [0, 0.05) is 12.2 Å². The molecular weight excluding hydrogens is 304 g/mol. The molecule has 0 aliphatic rings. The van der Waals surface area contributed by atoms with E-state index < -0.39 is 10.0 Å². The van der Waals surface area contributed by atoms with Crippen molar-refractivity contribution < 1.29 is 8.42 Å². The number of thiophene rings is 1. The van der Waals surface area contributed by atoms with E-state index in [1.807, 2.05) is 24.4 Å². The van der Waals surface area contributed by atoms with Gasteiger partial charge in [0.1, 0.15) is 4.21 Å². The number of aryl methyl sites for hydroxylation is 1. The average Bonchev–Trinajstić information content (AvgIpc) is 2.95. The van der Waals surface area contributed by atoms with E-state index in [9.17, 15) is 8.42 Å². The molecule has 0 aliphatic heterocycles. The number of sulfonamides is 1. The fourth-order valence-corrected chi connectivity index (χ4v) is 4.14. The van der Waals surface area contributed by atoms with Crippen LogP contribution in [-0.2, 0) is 23.0 Å². The van der Waals surface area contributed by atoms with Gasteiger partial charge in [0.05, 0.1) is 0 Å². The summed E-state index contributed by atoms with van der Waals surface area (Å²) in [6.45, 7) is 5.63. The average molecular weight is 324 g/mol. The molecule has 0 bridgehead atoms. The lowest BCUT2D eigenvalue weighted by atomic mass is 10.2. The molecule has 0 fully saturated rings. The van der Waals surface area contributed by atoms with E-state index in [4.69, 9.17) is 0 Å². The van der Waals surface area contributed by atoms with Crippen LogP contribution in [0.15, 0.2) is 39.9 Å². The van der Waals surface area contributed by atoms with Crippen LogP contribution in [0.3, 0.4) is 0 Å². The Hall–Kier alpha value is -1.37. The van der Waals surface area contributed by atoms with Crippen molar-refractivity contribution >= 4 is 27.0 Å². The zero-order valence-corrected chi connectivity index (χ0v) is 13.9. The van der Waals surface area contributed by atoms with Crippen molar-refractivity contribution in [1.29, 1.82) is 0 Å². The number of nitrogens with one attached hydrogen (secondary N) is 2. The summed E-state index contributed by atoms with van der Waals surface area (Å²) in [5, 5.41) is 5.06. The van der Waals surface area contributed by atoms with Gasteiger partial charge in [0.15, 0.2) is 0 Å². The standard InChI is InChI=1S/C15H20N2O2S2/c1-3-12-5-7-14(8-6-12)17-21(18,19)15-9-13(11-20-15)10-16-4-2/h5-9,11,16-17H,3-4,10H2,1-2H3. The molecule has 0 aliphatic carbocycles. The van der Waals surface area contributed by atoms with E-state index in [1.54, 1.807) is 18.2 Å². The van der Waals surface area contributed by atoms with Crippen LogP contribution in [0.25, 0.3) is 0 Å². The van der Waals surface area contributed by atoms with Gasteiger partial charge in [-0.1, -0.05) is 26.0 Å². The van der Waals surface area contributed by atoms with Crippen molar-refractivity contribution in [2.24, 2.45) is 0 Å². The summed E-state index contributed by atoms with van der Waals surface area (Å²) in [6, 6.07) is 9.18. The SMILES string of the molecule is CCNCc1csc(S(=O)(=O)Nc2ccc(CC)cc2)c1. The Labute approximate surface area is 130 Å². The molecule has 0 unspecified atom stereocenters. The van der Waals surface area contributed by atoms with Gasteiger partial charge < -0.3 is 5.32 Å². The van der Waals surface area contributed by atoms with Gasteiger partial charge in [0.25, 0.3) is 10.0 Å². The highest BCUT2D eigenvalue weighted by Gasteiger charge is 2.16. The normalized spacial score (nSPS) is 11.5. The highest BCUT2D eigenvalue weighted by Crippen LogP contribution is 2.23. The van der Waals surface area contributed by atoms with E-state index in [2.05, 4.69) is 17.0 Å². The van der Waals surface area contributed by atoms with E-state index in [0.717, 1.165) is 18.5 Å². The third-order valence-corrected chi connectivity index (χ3v) is 5.96. The minimum atomic E-state index is -3.50. The van der Waals surface area contributed by atoms with Gasteiger partial charge in [-0.15, -0.1) is 11.3 Å². The van der Waals surface area contributed by atoms with Crippen LogP contribution >= 0.6 is 11.3 Å². The van der Waals surface area contributed by atoms with Gasteiger partial charge in [0.2, 0.25) is 0 Å². The van der Waals surface area contributed by atoms with E-state index in [-0.39, 0.29) is 0 Å². The Morgan fingerprint density at radius 3 is 2.43 bits per heavy atom. The lowest BCUT2D eigenvalue weighted by Gasteiger charge is -2.06. The van der Waals surface area contributed by atoms with Crippen LogP contribution in [0, 0.1) is 0 Å². The molecular formula is C15H20N2O2S2. The first-order valence-corrected chi connectivity index (χ1v) is 9.31. The van der Waals surface area contributed by atoms with Crippen molar-refractivity contribution in [3.63, 3.8) is 0 Å². The van der Waals surface area contributed by atoms with Gasteiger partial charge >= 0.3 is 0 Å². The van der Waals surface area contributed by atoms with Crippen LogP contribution in [-0.4, -0.2) is 15.0 Å². The summed E-state index contributed by atoms with van der Waals surface area (Å²) < 4.78 is 27.6. The molecule has 0 atom stereocenters. The topological polar surface area (TPSA) is 58.2 Å². The minimum absolute atomic E-state index is 0.343. The molecule has 1 heterocycles. The quantitative estimate of drug-likeness (QED) is 0.822. The van der Waals surface area contributed by atoms with Crippen LogP contribution < -0.4 is 10.0 Å². The summed E-state index contributed by atoms with van der Waals surface area (Å²) in [5.41, 5.74) is 2.76. The zero-order chi connectivity index (χ0) is 15.3. The number of hydrogen-bond donors (Lipinski definition) is 2. The Balaban J connectivity index is 2.11. The first-order valence-electron chi connectivity index (χ1n) is 6.95. The van der Waals surface area contributed by atoms with Gasteiger partial charge in [-0.25, -0.2) is 8.42 Å². The summed E-state index contributed by atoms with van der Waals surface area (Å²) in [7, 11) is -3.50. The maximum atomic E-state index is 12.3. The highest BCUT2D eigenvalue weighted by atomic mass is 32.2. The molecule has 1 aromatic heterocycles. The minimum Gasteiger partial charge on any atom is -0.313 e. The highest BCUT2D eigenvalue weighted by molar-refractivity contribution is 7.94. The fraction of sp³-hybridized carbons (Fsp3) is 0.333. The molecule has 0 saturated carbocycles. The second-order valence-electron chi connectivity index (χ2n) is 4.71. The van der Waals surface area contributed by atoms with E-state index in [1.165, 1.54) is 16.9 Å². The maximum absolute atomic E-state index is 12.3.